The molecule has 110 valence electrons. The maximum absolute atomic E-state index is 12.8. The van der Waals surface area contributed by atoms with Crippen molar-refractivity contribution in [2.75, 3.05) is 13.2 Å². The number of carbonyl (C=O) groups is 2. The summed E-state index contributed by atoms with van der Waals surface area (Å²) >= 11 is 3.07. The summed E-state index contributed by atoms with van der Waals surface area (Å²) in [6, 6.07) is 2.52. The first-order valence-corrected chi connectivity index (χ1v) is 6.44. The molecule has 0 saturated carbocycles. The van der Waals surface area contributed by atoms with Gasteiger partial charge in [-0.1, -0.05) is 0 Å². The van der Waals surface area contributed by atoms with Crippen LogP contribution < -0.4 is 10.1 Å². The fourth-order valence-electron chi connectivity index (χ4n) is 1.36. The molecule has 0 saturated heterocycles. The van der Waals surface area contributed by atoms with Gasteiger partial charge in [0.25, 0.3) is 5.91 Å². The van der Waals surface area contributed by atoms with Crippen molar-refractivity contribution in [3.8, 4) is 5.75 Å². The summed E-state index contributed by atoms with van der Waals surface area (Å²) in [5, 5.41) is 19.7. The number of rotatable bonds is 7. The number of hydrogen-bond donors (Lipinski definition) is 3. The van der Waals surface area contributed by atoms with Crippen molar-refractivity contribution >= 4 is 27.8 Å². The van der Waals surface area contributed by atoms with Crippen LogP contribution in [0.5, 0.6) is 5.75 Å². The van der Waals surface area contributed by atoms with Crippen LogP contribution in [0.2, 0.25) is 0 Å². The number of benzene rings is 1. The van der Waals surface area contributed by atoms with Crippen LogP contribution in [0, 0.1) is 5.82 Å². The van der Waals surface area contributed by atoms with Gasteiger partial charge in [0, 0.05) is 13.0 Å². The van der Waals surface area contributed by atoms with Crippen molar-refractivity contribution in [3.63, 3.8) is 0 Å². The zero-order valence-electron chi connectivity index (χ0n) is 10.3. The largest absolute Gasteiger partial charge is 0.483 e. The standard InChI is InChI=1S/C12H13BrFNO5/c13-8-5-7(14)1-2-10(8)20-6-11(17)15-9(3-4-16)12(18)19/h1-2,5,9,16H,3-4,6H2,(H,15,17)(H,18,19). The molecule has 1 amide bonds. The molecule has 0 aliphatic rings. The highest BCUT2D eigenvalue weighted by atomic mass is 79.9. The van der Waals surface area contributed by atoms with E-state index >= 15 is 0 Å². The Morgan fingerprint density at radius 2 is 2.15 bits per heavy atom. The average molecular weight is 350 g/mol. The SMILES string of the molecule is O=C(COc1ccc(F)cc1Br)NC(CCO)C(=O)O. The summed E-state index contributed by atoms with van der Waals surface area (Å²) < 4.78 is 18.3. The van der Waals surface area contributed by atoms with E-state index in [0.717, 1.165) is 0 Å². The molecule has 0 heterocycles. The zero-order valence-corrected chi connectivity index (χ0v) is 11.9. The second-order valence-corrected chi connectivity index (χ2v) is 4.69. The Bertz CT molecular complexity index is 497. The number of hydrogen-bond acceptors (Lipinski definition) is 4. The van der Waals surface area contributed by atoms with E-state index < -0.39 is 30.3 Å². The number of aliphatic carboxylic acids is 1. The highest BCUT2D eigenvalue weighted by Gasteiger charge is 2.19. The Kier molecular flexibility index (Phi) is 6.40. The van der Waals surface area contributed by atoms with Gasteiger partial charge in [-0.25, -0.2) is 9.18 Å². The Balaban J connectivity index is 2.52. The molecule has 1 aromatic carbocycles. The molecule has 1 atom stereocenters. The van der Waals surface area contributed by atoms with Gasteiger partial charge in [0.2, 0.25) is 0 Å². The number of carbonyl (C=O) groups excluding carboxylic acids is 1. The maximum atomic E-state index is 12.8. The lowest BCUT2D eigenvalue weighted by atomic mass is 10.2. The van der Waals surface area contributed by atoms with Gasteiger partial charge >= 0.3 is 5.97 Å². The Morgan fingerprint density at radius 1 is 1.45 bits per heavy atom. The molecule has 0 aromatic heterocycles. The first-order valence-electron chi connectivity index (χ1n) is 5.65. The lowest BCUT2D eigenvalue weighted by molar-refractivity contribution is -0.142. The van der Waals surface area contributed by atoms with Crippen molar-refractivity contribution < 1.29 is 28.9 Å². The minimum absolute atomic E-state index is 0.0959. The molecule has 1 aromatic rings. The average Bonchev–Trinajstić information content (AvgIpc) is 2.37. The maximum Gasteiger partial charge on any atom is 0.326 e. The summed E-state index contributed by atoms with van der Waals surface area (Å²) in [6.45, 7) is -0.777. The molecule has 0 spiro atoms. The van der Waals surface area contributed by atoms with Gasteiger partial charge in [-0.2, -0.15) is 0 Å². The van der Waals surface area contributed by atoms with E-state index in [1.807, 2.05) is 0 Å². The number of carboxylic acids is 1. The predicted molar refractivity (Wildman–Crippen MR) is 70.9 cm³/mol. The third-order valence-corrected chi connectivity index (χ3v) is 2.92. The molecule has 1 unspecified atom stereocenters. The second kappa shape index (κ2) is 7.81. The van der Waals surface area contributed by atoms with Gasteiger partial charge in [-0.15, -0.1) is 0 Å². The number of aliphatic hydroxyl groups excluding tert-OH is 1. The summed E-state index contributed by atoms with van der Waals surface area (Å²) in [4.78, 5) is 22.3. The summed E-state index contributed by atoms with van der Waals surface area (Å²) in [5.41, 5.74) is 0. The Labute approximate surface area is 122 Å². The van der Waals surface area contributed by atoms with Crippen LogP contribution in [0.4, 0.5) is 4.39 Å². The third-order valence-electron chi connectivity index (χ3n) is 2.30. The van der Waals surface area contributed by atoms with Crippen LogP contribution >= 0.6 is 15.9 Å². The molecule has 3 N–H and O–H groups in total. The molecule has 0 bridgehead atoms. The molecule has 8 heteroatoms. The van der Waals surface area contributed by atoms with Crippen LogP contribution in [0.25, 0.3) is 0 Å². The van der Waals surface area contributed by atoms with E-state index in [9.17, 15) is 14.0 Å². The number of nitrogens with one attached hydrogen (secondary N) is 1. The number of carboxylic acid groups (broad SMARTS) is 1. The van der Waals surface area contributed by atoms with E-state index in [2.05, 4.69) is 21.2 Å². The zero-order chi connectivity index (χ0) is 15.1. The summed E-state index contributed by atoms with van der Waals surface area (Å²) in [5.74, 6) is -2.09. The van der Waals surface area contributed by atoms with E-state index in [0.29, 0.717) is 4.47 Å². The van der Waals surface area contributed by atoms with E-state index in [1.54, 1.807) is 0 Å². The van der Waals surface area contributed by atoms with Gasteiger partial charge in [-0.3, -0.25) is 4.79 Å². The number of ether oxygens (including phenoxy) is 1. The number of aliphatic hydroxyl groups is 1. The molecule has 6 nitrogen and oxygen atoms in total. The Hall–Kier alpha value is -1.67. The lowest BCUT2D eigenvalue weighted by Gasteiger charge is -2.14. The van der Waals surface area contributed by atoms with Crippen LogP contribution in [0.3, 0.4) is 0 Å². The molecule has 0 radical (unpaired) electrons. The fourth-order valence-corrected chi connectivity index (χ4v) is 1.82. The molecule has 1 rings (SSSR count). The van der Waals surface area contributed by atoms with Gasteiger partial charge in [0.1, 0.15) is 17.6 Å². The molecule has 0 fully saturated rings. The van der Waals surface area contributed by atoms with E-state index in [4.69, 9.17) is 14.9 Å². The first kappa shape index (κ1) is 16.4. The van der Waals surface area contributed by atoms with Crippen LogP contribution in [-0.2, 0) is 9.59 Å². The quantitative estimate of drug-likeness (QED) is 0.680. The van der Waals surface area contributed by atoms with Crippen molar-refractivity contribution in [3.05, 3.63) is 28.5 Å². The predicted octanol–water partition coefficient (Wildman–Crippen LogP) is 0.919. The van der Waals surface area contributed by atoms with Gasteiger partial charge < -0.3 is 20.3 Å². The third kappa shape index (κ3) is 5.14. The normalized spacial score (nSPS) is 11.8. The molecular weight excluding hydrogens is 337 g/mol. The molecular formula is C12H13BrFNO5. The molecule has 20 heavy (non-hydrogen) atoms. The smallest absolute Gasteiger partial charge is 0.326 e. The minimum atomic E-state index is -1.24. The first-order chi connectivity index (χ1) is 9.43. The minimum Gasteiger partial charge on any atom is -0.483 e. The number of amides is 1. The van der Waals surface area contributed by atoms with Crippen molar-refractivity contribution in [2.24, 2.45) is 0 Å². The number of halogens is 2. The topological polar surface area (TPSA) is 95.9 Å². The van der Waals surface area contributed by atoms with Gasteiger partial charge in [0.15, 0.2) is 6.61 Å². The second-order valence-electron chi connectivity index (χ2n) is 3.83. The molecule has 0 aliphatic heterocycles. The molecule has 0 aliphatic carbocycles. The van der Waals surface area contributed by atoms with Crippen LogP contribution in [0.1, 0.15) is 6.42 Å². The summed E-state index contributed by atoms with van der Waals surface area (Å²) in [7, 11) is 0. The van der Waals surface area contributed by atoms with Crippen molar-refractivity contribution in [1.29, 1.82) is 0 Å². The van der Waals surface area contributed by atoms with Gasteiger partial charge in [0.05, 0.1) is 4.47 Å². The highest BCUT2D eigenvalue weighted by Crippen LogP contribution is 2.25. The lowest BCUT2D eigenvalue weighted by Crippen LogP contribution is -2.43. The van der Waals surface area contributed by atoms with E-state index in [1.165, 1.54) is 18.2 Å². The fraction of sp³-hybridized carbons (Fsp3) is 0.333. The Morgan fingerprint density at radius 3 is 2.70 bits per heavy atom. The van der Waals surface area contributed by atoms with Crippen LogP contribution in [0.15, 0.2) is 22.7 Å². The highest BCUT2D eigenvalue weighted by molar-refractivity contribution is 9.10. The van der Waals surface area contributed by atoms with Crippen LogP contribution in [-0.4, -0.2) is 41.3 Å². The van der Waals surface area contributed by atoms with Crippen molar-refractivity contribution in [1.82, 2.24) is 5.32 Å². The van der Waals surface area contributed by atoms with Gasteiger partial charge in [-0.05, 0) is 34.1 Å². The van der Waals surface area contributed by atoms with E-state index in [-0.39, 0.29) is 18.8 Å². The van der Waals surface area contributed by atoms with Crippen molar-refractivity contribution in [2.45, 2.75) is 12.5 Å². The summed E-state index contributed by atoms with van der Waals surface area (Å²) in [6.07, 6.45) is -0.0959. The monoisotopic (exact) mass is 349 g/mol.